The number of hydrogen-bond acceptors (Lipinski definition) is 2. The highest BCUT2D eigenvalue weighted by molar-refractivity contribution is 5.96. The lowest BCUT2D eigenvalue weighted by Gasteiger charge is -2.10. The van der Waals surface area contributed by atoms with Crippen molar-refractivity contribution < 1.29 is 4.79 Å². The van der Waals surface area contributed by atoms with Gasteiger partial charge in [-0.05, 0) is 6.92 Å². The topological polar surface area (TPSA) is 58.7 Å². The van der Waals surface area contributed by atoms with Crippen molar-refractivity contribution in [3.8, 4) is 0 Å². The first-order valence-corrected chi connectivity index (χ1v) is 2.80. The Morgan fingerprint density at radius 1 is 1.89 bits per heavy atom. The van der Waals surface area contributed by atoms with Gasteiger partial charge in [-0.25, -0.2) is 4.79 Å². The molecule has 1 rings (SSSR count). The number of aliphatic imine (C=N–C) groups is 1. The first-order valence-electron chi connectivity index (χ1n) is 2.80. The van der Waals surface area contributed by atoms with E-state index in [0.29, 0.717) is 13.1 Å². The van der Waals surface area contributed by atoms with Crippen LogP contribution in [0.5, 0.6) is 0 Å². The van der Waals surface area contributed by atoms with Gasteiger partial charge in [-0.1, -0.05) is 0 Å². The summed E-state index contributed by atoms with van der Waals surface area (Å²) < 4.78 is 0. The van der Waals surface area contributed by atoms with Crippen LogP contribution in [0.2, 0.25) is 0 Å². The van der Waals surface area contributed by atoms with E-state index >= 15 is 0 Å². The second-order valence-electron chi connectivity index (χ2n) is 1.92. The zero-order valence-electron chi connectivity index (χ0n) is 5.29. The lowest BCUT2D eigenvalue weighted by molar-refractivity contribution is 0.232. The van der Waals surface area contributed by atoms with E-state index in [1.807, 2.05) is 0 Å². The average Bonchev–Trinajstić information content (AvgIpc) is 2.13. The van der Waals surface area contributed by atoms with Gasteiger partial charge in [0.25, 0.3) is 0 Å². The molecule has 1 aliphatic heterocycles. The Hall–Kier alpha value is -1.06. The number of hydrogen-bond donors (Lipinski definition) is 1. The number of nitrogens with zero attached hydrogens (tertiary/aromatic N) is 2. The molecule has 1 aliphatic rings. The molecule has 50 valence electrons. The van der Waals surface area contributed by atoms with Crippen molar-refractivity contribution in [2.45, 2.75) is 6.92 Å². The van der Waals surface area contributed by atoms with Crippen LogP contribution >= 0.6 is 0 Å². The fraction of sp³-hybridized carbons (Fsp3) is 0.600. The van der Waals surface area contributed by atoms with E-state index in [4.69, 9.17) is 5.73 Å². The zero-order valence-corrected chi connectivity index (χ0v) is 5.29. The van der Waals surface area contributed by atoms with Crippen LogP contribution in [0.15, 0.2) is 4.99 Å². The van der Waals surface area contributed by atoms with E-state index in [-0.39, 0.29) is 0 Å². The van der Waals surface area contributed by atoms with Gasteiger partial charge in [0.15, 0.2) is 0 Å². The summed E-state index contributed by atoms with van der Waals surface area (Å²) in [7, 11) is 0. The SMILES string of the molecule is CC1=NCCN1C(N)=O. The third-order valence-electron chi connectivity index (χ3n) is 1.32. The third-order valence-corrected chi connectivity index (χ3v) is 1.32. The van der Waals surface area contributed by atoms with Crippen molar-refractivity contribution in [1.29, 1.82) is 0 Å². The summed E-state index contributed by atoms with van der Waals surface area (Å²) in [5, 5.41) is 0. The highest BCUT2D eigenvalue weighted by Crippen LogP contribution is 1.98. The number of nitrogens with two attached hydrogens (primary N) is 1. The van der Waals surface area contributed by atoms with Gasteiger partial charge < -0.3 is 5.73 Å². The van der Waals surface area contributed by atoms with Crippen LogP contribution in [-0.4, -0.2) is 29.9 Å². The number of amides is 2. The molecule has 2 N–H and O–H groups in total. The fourth-order valence-electron chi connectivity index (χ4n) is 0.829. The molecule has 9 heavy (non-hydrogen) atoms. The Labute approximate surface area is 53.3 Å². The quantitative estimate of drug-likeness (QED) is 0.481. The molecule has 0 fully saturated rings. The lowest BCUT2D eigenvalue weighted by atomic mass is 10.5. The second kappa shape index (κ2) is 2.05. The van der Waals surface area contributed by atoms with Gasteiger partial charge in [0.05, 0.1) is 6.54 Å². The number of primary amides is 1. The van der Waals surface area contributed by atoms with E-state index in [0.717, 1.165) is 5.84 Å². The molecule has 0 saturated carbocycles. The minimum absolute atomic E-state index is 0.409. The first-order chi connectivity index (χ1) is 4.22. The summed E-state index contributed by atoms with van der Waals surface area (Å²) in [5.74, 6) is 0.725. The molecule has 0 aromatic heterocycles. The van der Waals surface area contributed by atoms with Gasteiger partial charge in [-0.15, -0.1) is 0 Å². The van der Waals surface area contributed by atoms with Gasteiger partial charge in [0, 0.05) is 6.54 Å². The average molecular weight is 127 g/mol. The van der Waals surface area contributed by atoms with Crippen LogP contribution < -0.4 is 5.73 Å². The van der Waals surface area contributed by atoms with Crippen LogP contribution in [0.25, 0.3) is 0 Å². The number of amidine groups is 1. The van der Waals surface area contributed by atoms with E-state index in [1.165, 1.54) is 4.90 Å². The Kier molecular flexibility index (Phi) is 1.38. The van der Waals surface area contributed by atoms with Crippen molar-refractivity contribution >= 4 is 11.9 Å². The molecule has 0 spiro atoms. The van der Waals surface area contributed by atoms with Gasteiger partial charge in [-0.3, -0.25) is 9.89 Å². The van der Waals surface area contributed by atoms with Crippen LogP contribution in [0.4, 0.5) is 4.79 Å². The molecule has 0 radical (unpaired) electrons. The molecule has 2 amide bonds. The maximum atomic E-state index is 10.5. The molecule has 0 saturated heterocycles. The maximum absolute atomic E-state index is 10.5. The van der Waals surface area contributed by atoms with Crippen molar-refractivity contribution in [1.82, 2.24) is 4.90 Å². The Morgan fingerprint density at radius 2 is 2.56 bits per heavy atom. The van der Waals surface area contributed by atoms with Crippen molar-refractivity contribution in [3.05, 3.63) is 0 Å². The van der Waals surface area contributed by atoms with Crippen molar-refractivity contribution in [2.75, 3.05) is 13.1 Å². The molecule has 0 unspecified atom stereocenters. The highest BCUT2D eigenvalue weighted by atomic mass is 16.2. The first kappa shape index (κ1) is 6.07. The Balaban J connectivity index is 2.63. The normalized spacial score (nSPS) is 17.9. The van der Waals surface area contributed by atoms with Crippen LogP contribution in [0.3, 0.4) is 0 Å². The predicted molar refractivity (Wildman–Crippen MR) is 34.3 cm³/mol. The summed E-state index contributed by atoms with van der Waals surface area (Å²) in [4.78, 5) is 15.9. The molecule has 0 atom stereocenters. The Bertz CT molecular complexity index is 164. The van der Waals surface area contributed by atoms with Gasteiger partial charge >= 0.3 is 6.03 Å². The van der Waals surface area contributed by atoms with Gasteiger partial charge in [0.2, 0.25) is 0 Å². The lowest BCUT2D eigenvalue weighted by Crippen LogP contribution is -2.37. The fourth-order valence-corrected chi connectivity index (χ4v) is 0.829. The molecule has 4 heteroatoms. The molecule has 1 heterocycles. The Morgan fingerprint density at radius 3 is 2.78 bits per heavy atom. The number of rotatable bonds is 0. The molecular formula is C5H9N3O. The molecule has 0 bridgehead atoms. The predicted octanol–water partition coefficient (Wildman–Crippen LogP) is -0.201. The van der Waals surface area contributed by atoms with E-state index in [1.54, 1.807) is 6.92 Å². The molecular weight excluding hydrogens is 118 g/mol. The summed E-state index contributed by atoms with van der Waals surface area (Å²) in [6.45, 7) is 3.10. The van der Waals surface area contributed by atoms with E-state index in [9.17, 15) is 4.79 Å². The van der Waals surface area contributed by atoms with Crippen molar-refractivity contribution in [3.63, 3.8) is 0 Å². The molecule has 0 aliphatic carbocycles. The van der Waals surface area contributed by atoms with Gasteiger partial charge in [-0.2, -0.15) is 0 Å². The van der Waals surface area contributed by atoms with Gasteiger partial charge in [0.1, 0.15) is 5.84 Å². The molecule has 4 nitrogen and oxygen atoms in total. The standard InChI is InChI=1S/C5H9N3O/c1-4-7-2-3-8(4)5(6)9/h2-3H2,1H3,(H2,6,9). The third kappa shape index (κ3) is 1.01. The van der Waals surface area contributed by atoms with Crippen LogP contribution in [0.1, 0.15) is 6.92 Å². The molecule has 0 aromatic rings. The van der Waals surface area contributed by atoms with Crippen molar-refractivity contribution in [2.24, 2.45) is 10.7 Å². The summed E-state index contributed by atoms with van der Waals surface area (Å²) in [5.41, 5.74) is 4.99. The largest absolute Gasteiger partial charge is 0.351 e. The number of carbonyl (C=O) groups is 1. The minimum Gasteiger partial charge on any atom is -0.351 e. The zero-order chi connectivity index (χ0) is 6.85. The highest BCUT2D eigenvalue weighted by Gasteiger charge is 2.16. The van der Waals surface area contributed by atoms with Crippen LogP contribution in [-0.2, 0) is 0 Å². The summed E-state index contributed by atoms with van der Waals surface area (Å²) in [6.07, 6.45) is 0. The number of urea groups is 1. The minimum atomic E-state index is -0.409. The summed E-state index contributed by atoms with van der Waals surface area (Å²) in [6, 6.07) is -0.409. The molecule has 0 aromatic carbocycles. The smallest absolute Gasteiger partial charge is 0.320 e. The second-order valence-corrected chi connectivity index (χ2v) is 1.92. The van der Waals surface area contributed by atoms with E-state index < -0.39 is 6.03 Å². The van der Waals surface area contributed by atoms with Crippen LogP contribution in [0, 0.1) is 0 Å². The monoisotopic (exact) mass is 127 g/mol. The van der Waals surface area contributed by atoms with E-state index in [2.05, 4.69) is 4.99 Å². The number of carbonyl (C=O) groups excluding carboxylic acids is 1. The summed E-state index contributed by atoms with van der Waals surface area (Å²) >= 11 is 0. The maximum Gasteiger partial charge on any atom is 0.320 e.